The van der Waals surface area contributed by atoms with Gasteiger partial charge >= 0.3 is 6.09 Å². The molecule has 1 heterocycles. The second kappa shape index (κ2) is 5.39. The van der Waals surface area contributed by atoms with Crippen molar-refractivity contribution in [3.8, 4) is 5.75 Å². The van der Waals surface area contributed by atoms with Gasteiger partial charge in [0.2, 0.25) is 5.82 Å². The molecule has 18 heavy (non-hydrogen) atoms. The summed E-state index contributed by atoms with van der Waals surface area (Å²) in [5.74, 6) is -1.03. The van der Waals surface area contributed by atoms with Crippen LogP contribution in [0.3, 0.4) is 0 Å². The number of hydrogen-bond donors (Lipinski definition) is 1. The fourth-order valence-corrected chi connectivity index (χ4v) is 1.29. The highest BCUT2D eigenvalue weighted by molar-refractivity contribution is 6.29. The fraction of sp³-hybridized carbons (Fsp3) is 0.455. The van der Waals surface area contributed by atoms with Crippen LogP contribution in [0.2, 0.25) is 5.15 Å². The van der Waals surface area contributed by atoms with E-state index in [9.17, 15) is 9.18 Å². The molecule has 0 aromatic carbocycles. The third-order valence-corrected chi connectivity index (χ3v) is 2.04. The molecular weight excluding hydrogens is 263 g/mol. The third kappa shape index (κ3) is 3.73. The second-order valence-corrected chi connectivity index (χ2v) is 4.79. The zero-order chi connectivity index (χ0) is 13.9. The summed E-state index contributed by atoms with van der Waals surface area (Å²) < 4.78 is 23.4. The Kier molecular flexibility index (Phi) is 4.34. The zero-order valence-corrected chi connectivity index (χ0v) is 11.3. The van der Waals surface area contributed by atoms with Crippen molar-refractivity contribution in [1.29, 1.82) is 0 Å². The lowest BCUT2D eigenvalue weighted by Gasteiger charge is -2.20. The molecule has 1 N–H and O–H groups in total. The van der Waals surface area contributed by atoms with Crippen molar-refractivity contribution < 1.29 is 18.7 Å². The molecule has 1 aromatic heterocycles. The number of aromatic nitrogens is 1. The van der Waals surface area contributed by atoms with Gasteiger partial charge in [0.05, 0.1) is 13.3 Å². The van der Waals surface area contributed by atoms with Crippen molar-refractivity contribution in [2.24, 2.45) is 0 Å². The van der Waals surface area contributed by atoms with E-state index in [0.717, 1.165) is 0 Å². The minimum atomic E-state index is -0.840. The van der Waals surface area contributed by atoms with Crippen LogP contribution in [0.1, 0.15) is 20.8 Å². The summed E-state index contributed by atoms with van der Waals surface area (Å²) in [5, 5.41) is 2.01. The number of hydrogen-bond acceptors (Lipinski definition) is 4. The Hall–Kier alpha value is -1.56. The van der Waals surface area contributed by atoms with Gasteiger partial charge in [-0.15, -0.1) is 0 Å². The number of rotatable bonds is 2. The summed E-state index contributed by atoms with van der Waals surface area (Å²) in [5.41, 5.74) is -0.607. The van der Waals surface area contributed by atoms with Gasteiger partial charge in [-0.05, 0) is 20.8 Å². The number of ether oxygens (including phenoxy) is 2. The lowest BCUT2D eigenvalue weighted by molar-refractivity contribution is 0.0635. The van der Waals surface area contributed by atoms with Gasteiger partial charge < -0.3 is 9.47 Å². The number of carbonyl (C=O) groups excluding carboxylic acids is 1. The molecule has 1 aromatic rings. The van der Waals surface area contributed by atoms with Crippen LogP contribution in [0, 0.1) is 5.82 Å². The number of carbonyl (C=O) groups is 1. The summed E-state index contributed by atoms with van der Waals surface area (Å²) in [6, 6.07) is 0. The average molecular weight is 277 g/mol. The van der Waals surface area contributed by atoms with Gasteiger partial charge in [-0.1, -0.05) is 11.6 Å². The van der Waals surface area contributed by atoms with Crippen molar-refractivity contribution in [3.05, 3.63) is 17.2 Å². The molecule has 1 rings (SSSR count). The van der Waals surface area contributed by atoms with Crippen molar-refractivity contribution in [2.75, 3.05) is 12.4 Å². The topological polar surface area (TPSA) is 60.5 Å². The first-order valence-corrected chi connectivity index (χ1v) is 5.50. The van der Waals surface area contributed by atoms with Crippen LogP contribution in [0.25, 0.3) is 0 Å². The average Bonchev–Trinajstić information content (AvgIpc) is 2.21. The van der Waals surface area contributed by atoms with Crippen molar-refractivity contribution in [1.82, 2.24) is 4.98 Å². The summed E-state index contributed by atoms with van der Waals surface area (Å²) >= 11 is 5.50. The van der Waals surface area contributed by atoms with E-state index >= 15 is 0 Å². The molecule has 0 fully saturated rings. The van der Waals surface area contributed by atoms with E-state index in [1.165, 1.54) is 13.3 Å². The molecule has 100 valence electrons. The third-order valence-electron chi connectivity index (χ3n) is 1.77. The van der Waals surface area contributed by atoms with Crippen LogP contribution in [-0.2, 0) is 4.74 Å². The smallest absolute Gasteiger partial charge is 0.412 e. The first-order valence-electron chi connectivity index (χ1n) is 5.12. The maximum Gasteiger partial charge on any atom is 0.412 e. The first kappa shape index (κ1) is 14.5. The summed E-state index contributed by atoms with van der Waals surface area (Å²) in [4.78, 5) is 15.1. The van der Waals surface area contributed by atoms with Gasteiger partial charge in [0.1, 0.15) is 11.3 Å². The molecule has 7 heteroatoms. The minimum Gasteiger partial charge on any atom is -0.491 e. The van der Waals surface area contributed by atoms with E-state index in [0.29, 0.717) is 0 Å². The monoisotopic (exact) mass is 276 g/mol. The second-order valence-electron chi connectivity index (χ2n) is 4.44. The Bertz CT molecular complexity index is 460. The number of nitrogens with one attached hydrogen (secondary N) is 1. The minimum absolute atomic E-state index is 0.0497. The normalized spacial score (nSPS) is 11.0. The van der Waals surface area contributed by atoms with Gasteiger partial charge in [-0.2, -0.15) is 4.39 Å². The molecule has 0 aliphatic carbocycles. The van der Waals surface area contributed by atoms with Gasteiger partial charge in [-0.3, -0.25) is 5.32 Å². The van der Waals surface area contributed by atoms with E-state index < -0.39 is 17.5 Å². The SMILES string of the molecule is COc1c(NC(=O)OC(C)(C)C)cnc(Cl)c1F. The quantitative estimate of drug-likeness (QED) is 0.843. The summed E-state index contributed by atoms with van der Waals surface area (Å²) in [6.07, 6.45) is 0.457. The predicted molar refractivity (Wildman–Crippen MR) is 65.6 cm³/mol. The molecule has 5 nitrogen and oxygen atoms in total. The van der Waals surface area contributed by atoms with Crippen molar-refractivity contribution in [2.45, 2.75) is 26.4 Å². The first-order chi connectivity index (χ1) is 8.24. The maximum absolute atomic E-state index is 13.5. The lowest BCUT2D eigenvalue weighted by Crippen LogP contribution is -2.27. The van der Waals surface area contributed by atoms with Gasteiger partial charge in [0, 0.05) is 0 Å². The van der Waals surface area contributed by atoms with E-state index in [4.69, 9.17) is 21.1 Å². The standard InChI is InChI=1S/C11H14ClFN2O3/c1-11(2,3)18-10(16)15-6-5-14-9(12)7(13)8(6)17-4/h5H,1-4H3,(H,15,16). The number of methoxy groups -OCH3 is 1. The predicted octanol–water partition coefficient (Wildman–Crippen LogP) is 3.23. The lowest BCUT2D eigenvalue weighted by atomic mass is 10.2. The number of pyridine rings is 1. The van der Waals surface area contributed by atoms with Gasteiger partial charge in [0.15, 0.2) is 10.9 Å². The zero-order valence-electron chi connectivity index (χ0n) is 10.5. The fourth-order valence-electron chi connectivity index (χ4n) is 1.15. The largest absolute Gasteiger partial charge is 0.491 e. The van der Waals surface area contributed by atoms with E-state index in [1.807, 2.05) is 0 Å². The van der Waals surface area contributed by atoms with Gasteiger partial charge in [0.25, 0.3) is 0 Å². The molecule has 0 radical (unpaired) electrons. The molecule has 0 atom stereocenters. The molecule has 0 saturated heterocycles. The van der Waals surface area contributed by atoms with Crippen LogP contribution in [0.5, 0.6) is 5.75 Å². The van der Waals surface area contributed by atoms with E-state index in [-0.39, 0.29) is 16.6 Å². The van der Waals surface area contributed by atoms with Crippen LogP contribution in [-0.4, -0.2) is 23.8 Å². The Labute approximate surface area is 109 Å². The maximum atomic E-state index is 13.5. The van der Waals surface area contributed by atoms with E-state index in [2.05, 4.69) is 10.3 Å². The number of anilines is 1. The number of halogens is 2. The van der Waals surface area contributed by atoms with Crippen LogP contribution in [0.4, 0.5) is 14.9 Å². The van der Waals surface area contributed by atoms with Gasteiger partial charge in [-0.25, -0.2) is 9.78 Å². The Morgan fingerprint density at radius 3 is 2.61 bits per heavy atom. The Morgan fingerprint density at radius 2 is 2.11 bits per heavy atom. The molecule has 0 aliphatic rings. The molecule has 0 unspecified atom stereocenters. The molecule has 0 aliphatic heterocycles. The highest BCUT2D eigenvalue weighted by atomic mass is 35.5. The number of nitrogens with zero attached hydrogens (tertiary/aromatic N) is 1. The van der Waals surface area contributed by atoms with Crippen LogP contribution >= 0.6 is 11.6 Å². The Balaban J connectivity index is 2.92. The molecular formula is C11H14ClFN2O3. The molecule has 0 saturated carbocycles. The van der Waals surface area contributed by atoms with Crippen LogP contribution in [0.15, 0.2) is 6.20 Å². The molecule has 0 spiro atoms. The highest BCUT2D eigenvalue weighted by Crippen LogP contribution is 2.30. The highest BCUT2D eigenvalue weighted by Gasteiger charge is 2.20. The van der Waals surface area contributed by atoms with Crippen molar-refractivity contribution in [3.63, 3.8) is 0 Å². The molecule has 0 bridgehead atoms. The summed E-state index contributed by atoms with van der Waals surface area (Å²) in [7, 11) is 1.26. The Morgan fingerprint density at radius 1 is 1.50 bits per heavy atom. The van der Waals surface area contributed by atoms with Crippen LogP contribution < -0.4 is 10.1 Å². The molecule has 1 amide bonds. The number of amides is 1. The van der Waals surface area contributed by atoms with Crippen molar-refractivity contribution >= 4 is 23.4 Å². The van der Waals surface area contributed by atoms with E-state index in [1.54, 1.807) is 20.8 Å². The summed E-state index contributed by atoms with van der Waals surface area (Å²) in [6.45, 7) is 5.14.